The van der Waals surface area contributed by atoms with Crippen molar-refractivity contribution in [2.24, 2.45) is 0 Å². The fraction of sp³-hybridized carbons (Fsp3) is 0.192. The minimum atomic E-state index is -0.806. The van der Waals surface area contributed by atoms with Crippen molar-refractivity contribution in [2.45, 2.75) is 19.5 Å². The minimum absolute atomic E-state index is 0.0107. The van der Waals surface area contributed by atoms with E-state index in [4.69, 9.17) is 9.47 Å². The van der Waals surface area contributed by atoms with Gasteiger partial charge in [0.15, 0.2) is 0 Å². The monoisotopic (exact) mass is 444 g/mol. The topological polar surface area (TPSA) is 89.0 Å². The van der Waals surface area contributed by atoms with Gasteiger partial charge in [-0.2, -0.15) is 0 Å². The van der Waals surface area contributed by atoms with Gasteiger partial charge in [-0.15, -0.1) is 0 Å². The summed E-state index contributed by atoms with van der Waals surface area (Å²) >= 11 is 0. The molecule has 1 saturated heterocycles. The quantitative estimate of drug-likeness (QED) is 0.335. The maximum absolute atomic E-state index is 13.2. The van der Waals surface area contributed by atoms with Crippen molar-refractivity contribution in [2.75, 3.05) is 13.7 Å². The average molecular weight is 444 g/mol. The largest absolute Gasteiger partial charge is 0.507 e. The summed E-state index contributed by atoms with van der Waals surface area (Å²) in [6.45, 7) is 2.45. The van der Waals surface area contributed by atoms with Crippen molar-refractivity contribution in [1.29, 1.82) is 0 Å². The number of Topliss-reactive ketones (excluding diaryl/α,β-unsaturated/α-hetero) is 1. The van der Waals surface area contributed by atoms with Crippen molar-refractivity contribution in [3.63, 3.8) is 0 Å². The zero-order valence-electron chi connectivity index (χ0n) is 18.4. The Bertz CT molecular complexity index is 1210. The zero-order chi connectivity index (χ0) is 23.4. The molecule has 1 aliphatic heterocycles. The second kappa shape index (κ2) is 9.56. The van der Waals surface area contributed by atoms with Gasteiger partial charge in [0.25, 0.3) is 11.7 Å². The number of rotatable bonds is 7. The molecule has 3 aromatic rings. The lowest BCUT2D eigenvalue weighted by Crippen LogP contribution is -2.29. The summed E-state index contributed by atoms with van der Waals surface area (Å²) in [6, 6.07) is 16.8. The van der Waals surface area contributed by atoms with Gasteiger partial charge in [-0.3, -0.25) is 14.6 Å². The highest BCUT2D eigenvalue weighted by Gasteiger charge is 2.46. The number of benzene rings is 2. The third-order valence-electron chi connectivity index (χ3n) is 5.49. The van der Waals surface area contributed by atoms with Crippen LogP contribution in [-0.4, -0.2) is 40.4 Å². The molecule has 0 spiro atoms. The Morgan fingerprint density at radius 2 is 1.91 bits per heavy atom. The highest BCUT2D eigenvalue weighted by Crippen LogP contribution is 2.41. The number of hydrogen-bond donors (Lipinski definition) is 1. The van der Waals surface area contributed by atoms with E-state index in [0.717, 1.165) is 5.56 Å². The van der Waals surface area contributed by atoms with E-state index in [1.807, 2.05) is 25.1 Å². The summed E-state index contributed by atoms with van der Waals surface area (Å²) in [7, 11) is 1.55. The fourth-order valence-corrected chi connectivity index (χ4v) is 4.00. The number of aliphatic hydroxyl groups is 1. The molecule has 7 nitrogen and oxygen atoms in total. The van der Waals surface area contributed by atoms with Crippen LogP contribution in [0.1, 0.15) is 29.7 Å². The molecule has 168 valence electrons. The molecule has 0 bridgehead atoms. The first-order valence-corrected chi connectivity index (χ1v) is 10.6. The molecule has 1 fully saturated rings. The molecular formula is C26H24N2O5. The second-order valence-electron chi connectivity index (χ2n) is 7.49. The van der Waals surface area contributed by atoms with Crippen molar-refractivity contribution in [3.05, 3.63) is 95.3 Å². The van der Waals surface area contributed by atoms with Crippen LogP contribution in [0.15, 0.2) is 78.6 Å². The van der Waals surface area contributed by atoms with Crippen LogP contribution in [0.3, 0.4) is 0 Å². The lowest BCUT2D eigenvalue weighted by molar-refractivity contribution is -0.140. The van der Waals surface area contributed by atoms with Crippen LogP contribution < -0.4 is 9.47 Å². The highest BCUT2D eigenvalue weighted by molar-refractivity contribution is 6.46. The van der Waals surface area contributed by atoms with Crippen LogP contribution in [0.25, 0.3) is 5.76 Å². The van der Waals surface area contributed by atoms with Gasteiger partial charge in [-0.25, -0.2) is 0 Å². The Hall–Kier alpha value is -4.13. The molecule has 0 aliphatic carbocycles. The van der Waals surface area contributed by atoms with Crippen molar-refractivity contribution in [1.82, 2.24) is 9.88 Å². The molecular weight excluding hydrogens is 420 g/mol. The number of pyridine rings is 1. The number of para-hydroxylation sites is 1. The summed E-state index contributed by atoms with van der Waals surface area (Å²) in [5, 5.41) is 11.2. The maximum atomic E-state index is 13.2. The van der Waals surface area contributed by atoms with E-state index in [2.05, 4.69) is 4.98 Å². The van der Waals surface area contributed by atoms with Gasteiger partial charge < -0.3 is 19.5 Å². The van der Waals surface area contributed by atoms with Crippen LogP contribution in [0.2, 0.25) is 0 Å². The third kappa shape index (κ3) is 4.30. The molecule has 1 aromatic heterocycles. The molecule has 1 unspecified atom stereocenters. The van der Waals surface area contributed by atoms with Crippen molar-refractivity contribution < 1.29 is 24.2 Å². The molecule has 1 amide bonds. The van der Waals surface area contributed by atoms with Crippen LogP contribution in [0, 0.1) is 0 Å². The number of ether oxygens (including phenoxy) is 2. The Kier molecular flexibility index (Phi) is 6.40. The zero-order valence-corrected chi connectivity index (χ0v) is 18.4. The molecule has 1 atom stereocenters. The smallest absolute Gasteiger partial charge is 0.295 e. The van der Waals surface area contributed by atoms with E-state index in [1.165, 1.54) is 4.90 Å². The molecule has 7 heteroatoms. The molecule has 1 N–H and O–H groups in total. The molecule has 0 radical (unpaired) electrons. The number of aliphatic hydroxyl groups excluding tert-OH is 1. The number of carbonyl (C=O) groups is 2. The van der Waals surface area contributed by atoms with Gasteiger partial charge in [0.2, 0.25) is 0 Å². The Morgan fingerprint density at radius 1 is 1.09 bits per heavy atom. The summed E-state index contributed by atoms with van der Waals surface area (Å²) in [4.78, 5) is 31.9. The van der Waals surface area contributed by atoms with Crippen LogP contribution in [0.4, 0.5) is 0 Å². The number of hydrogen-bond acceptors (Lipinski definition) is 6. The van der Waals surface area contributed by atoms with Crippen molar-refractivity contribution >= 4 is 17.4 Å². The Labute approximate surface area is 191 Å². The third-order valence-corrected chi connectivity index (χ3v) is 5.49. The molecule has 2 heterocycles. The highest BCUT2D eigenvalue weighted by atomic mass is 16.5. The standard InChI is InChI=1S/C26H24N2O5/c1-3-33-20-11-6-9-17(14-20)24(29)22-23(18-10-7-13-27-15-18)28(26(31)25(22)30)16-19-8-4-5-12-21(19)32-2/h4-15,23,29H,3,16H2,1-2H3/b24-22-. The van der Waals surface area contributed by atoms with Gasteiger partial charge in [-0.05, 0) is 36.8 Å². The van der Waals surface area contributed by atoms with Crippen LogP contribution >= 0.6 is 0 Å². The molecule has 1 aliphatic rings. The molecule has 33 heavy (non-hydrogen) atoms. The first-order chi connectivity index (χ1) is 16.0. The SMILES string of the molecule is CCOc1cccc(/C(O)=C2/C(=O)C(=O)N(Cc3ccccc3OC)C2c2cccnc2)c1. The number of ketones is 1. The summed E-state index contributed by atoms with van der Waals surface area (Å²) < 4.78 is 11.0. The number of likely N-dealkylation sites (tertiary alicyclic amines) is 1. The minimum Gasteiger partial charge on any atom is -0.507 e. The van der Waals surface area contributed by atoms with Crippen LogP contribution in [-0.2, 0) is 16.1 Å². The molecule has 4 rings (SSSR count). The lowest BCUT2D eigenvalue weighted by atomic mass is 9.96. The predicted octanol–water partition coefficient (Wildman–Crippen LogP) is 4.11. The van der Waals surface area contributed by atoms with E-state index in [-0.39, 0.29) is 17.9 Å². The maximum Gasteiger partial charge on any atom is 0.295 e. The number of methoxy groups -OCH3 is 1. The van der Waals surface area contributed by atoms with Gasteiger partial charge in [0, 0.05) is 23.5 Å². The van der Waals surface area contributed by atoms with Crippen LogP contribution in [0.5, 0.6) is 11.5 Å². The first kappa shape index (κ1) is 22.1. The van der Waals surface area contributed by atoms with Gasteiger partial charge >= 0.3 is 0 Å². The van der Waals surface area contributed by atoms with Crippen molar-refractivity contribution in [3.8, 4) is 11.5 Å². The Morgan fingerprint density at radius 3 is 2.64 bits per heavy atom. The van der Waals surface area contributed by atoms with E-state index >= 15 is 0 Å². The lowest BCUT2D eigenvalue weighted by Gasteiger charge is -2.25. The average Bonchev–Trinajstić information content (AvgIpc) is 3.10. The van der Waals surface area contributed by atoms with E-state index < -0.39 is 17.7 Å². The fourth-order valence-electron chi connectivity index (χ4n) is 4.00. The summed E-state index contributed by atoms with van der Waals surface area (Å²) in [5.41, 5.74) is 1.77. The molecule has 0 saturated carbocycles. The second-order valence-corrected chi connectivity index (χ2v) is 7.49. The number of carbonyl (C=O) groups excluding carboxylic acids is 2. The summed E-state index contributed by atoms with van der Waals surface area (Å²) in [6.07, 6.45) is 3.21. The predicted molar refractivity (Wildman–Crippen MR) is 123 cm³/mol. The number of amides is 1. The number of nitrogens with zero attached hydrogens (tertiary/aromatic N) is 2. The Balaban J connectivity index is 1.84. The van der Waals surface area contributed by atoms with E-state index in [1.54, 1.807) is 62.0 Å². The van der Waals surface area contributed by atoms with E-state index in [0.29, 0.717) is 29.2 Å². The summed E-state index contributed by atoms with van der Waals surface area (Å²) in [5.74, 6) is -0.543. The van der Waals surface area contributed by atoms with Gasteiger partial charge in [-0.1, -0.05) is 36.4 Å². The normalized spacial score (nSPS) is 17.3. The first-order valence-electron chi connectivity index (χ1n) is 10.6. The van der Waals surface area contributed by atoms with Gasteiger partial charge in [0.1, 0.15) is 17.3 Å². The number of aromatic nitrogens is 1. The van der Waals surface area contributed by atoms with E-state index in [9.17, 15) is 14.7 Å². The van der Waals surface area contributed by atoms with Gasteiger partial charge in [0.05, 0.1) is 31.9 Å². The molecule has 2 aromatic carbocycles.